The highest BCUT2D eigenvalue weighted by Crippen LogP contribution is 2.28. The zero-order valence-electron chi connectivity index (χ0n) is 4.91. The van der Waals surface area contributed by atoms with E-state index in [4.69, 9.17) is 0 Å². The van der Waals surface area contributed by atoms with Gasteiger partial charge >= 0.3 is 6.18 Å². The molecule has 1 unspecified atom stereocenters. The Labute approximate surface area is 51.2 Å². The molecule has 1 aliphatic heterocycles. The van der Waals surface area contributed by atoms with Gasteiger partial charge in [-0.1, -0.05) is 0 Å². The Morgan fingerprint density at radius 3 is 2.22 bits per heavy atom. The molecule has 0 spiro atoms. The third-order valence-corrected chi connectivity index (χ3v) is 1.63. The summed E-state index contributed by atoms with van der Waals surface area (Å²) in [7, 11) is 0. The quantitative estimate of drug-likeness (QED) is 0.492. The fraction of sp³-hybridized carbons (Fsp3) is 1.00. The minimum Gasteiger partial charge on any atom is -0.346 e. The van der Waals surface area contributed by atoms with Gasteiger partial charge in [-0.25, -0.2) is 0 Å². The molecule has 0 aromatic rings. The minimum atomic E-state index is -3.95. The lowest BCUT2D eigenvalue weighted by molar-refractivity contribution is -0.640. The molecule has 1 atom stereocenters. The Kier molecular flexibility index (Phi) is 1.66. The van der Waals surface area contributed by atoms with E-state index in [9.17, 15) is 13.2 Å². The first-order valence-electron chi connectivity index (χ1n) is 2.99. The molecule has 54 valence electrons. The summed E-state index contributed by atoms with van der Waals surface area (Å²) in [6.07, 6.45) is -3.66. The first-order chi connectivity index (χ1) is 4.11. The number of quaternary nitrogens is 1. The van der Waals surface area contributed by atoms with Gasteiger partial charge in [0.25, 0.3) is 0 Å². The molecule has 0 bridgehead atoms. The van der Waals surface area contributed by atoms with Crippen molar-refractivity contribution in [1.82, 2.24) is 0 Å². The zero-order chi connectivity index (χ0) is 6.91. The molecule has 0 saturated carbocycles. The predicted octanol–water partition coefficient (Wildman–Crippen LogP) is 0.132. The smallest absolute Gasteiger partial charge is 0.346 e. The largest absolute Gasteiger partial charge is 0.397 e. The second-order valence-electron chi connectivity index (χ2n) is 2.34. The van der Waals surface area contributed by atoms with Crippen molar-refractivity contribution in [3.05, 3.63) is 0 Å². The lowest BCUT2D eigenvalue weighted by Crippen LogP contribution is -2.81. The average Bonchev–Trinajstić information content (AvgIpc) is 2.08. The average molecular weight is 140 g/mol. The molecular formula is C5H9F3N+. The number of hydrogen-bond donors (Lipinski definition) is 1. The summed E-state index contributed by atoms with van der Waals surface area (Å²) in [4.78, 5) is 0. The van der Waals surface area contributed by atoms with Crippen molar-refractivity contribution in [3.63, 3.8) is 0 Å². The Morgan fingerprint density at radius 1 is 1.33 bits per heavy atom. The second kappa shape index (κ2) is 2.17. The maximum absolute atomic E-state index is 11.7. The molecule has 0 amide bonds. The normalized spacial score (nSPS) is 29.0. The SMILES string of the molecule is FC(F)(F)C1CC[NH2+]C1. The van der Waals surface area contributed by atoms with Crippen LogP contribution < -0.4 is 5.32 Å². The van der Waals surface area contributed by atoms with Crippen molar-refractivity contribution >= 4 is 0 Å². The highest BCUT2D eigenvalue weighted by Gasteiger charge is 2.43. The van der Waals surface area contributed by atoms with E-state index in [0.717, 1.165) is 0 Å². The molecule has 1 heterocycles. The molecule has 1 rings (SSSR count). The van der Waals surface area contributed by atoms with Crippen molar-refractivity contribution in [2.45, 2.75) is 12.6 Å². The van der Waals surface area contributed by atoms with E-state index < -0.39 is 12.1 Å². The lowest BCUT2D eigenvalue weighted by atomic mass is 10.1. The van der Waals surface area contributed by atoms with Gasteiger partial charge in [0.2, 0.25) is 0 Å². The third kappa shape index (κ3) is 1.58. The van der Waals surface area contributed by atoms with E-state index in [1.54, 1.807) is 5.32 Å². The zero-order valence-corrected chi connectivity index (χ0v) is 4.91. The van der Waals surface area contributed by atoms with Crippen LogP contribution in [0.4, 0.5) is 13.2 Å². The van der Waals surface area contributed by atoms with Gasteiger partial charge in [-0.2, -0.15) is 13.2 Å². The first-order valence-corrected chi connectivity index (χ1v) is 2.99. The number of hydrogen-bond acceptors (Lipinski definition) is 0. The van der Waals surface area contributed by atoms with Crippen molar-refractivity contribution < 1.29 is 18.5 Å². The van der Waals surface area contributed by atoms with Crippen LogP contribution in [-0.4, -0.2) is 19.3 Å². The molecule has 0 aromatic carbocycles. The van der Waals surface area contributed by atoms with Crippen LogP contribution in [-0.2, 0) is 0 Å². The van der Waals surface area contributed by atoms with Gasteiger partial charge in [0.15, 0.2) is 0 Å². The van der Waals surface area contributed by atoms with Crippen LogP contribution in [0.1, 0.15) is 6.42 Å². The predicted molar refractivity (Wildman–Crippen MR) is 25.8 cm³/mol. The van der Waals surface area contributed by atoms with E-state index in [-0.39, 0.29) is 6.54 Å². The third-order valence-electron chi connectivity index (χ3n) is 1.63. The van der Waals surface area contributed by atoms with Gasteiger partial charge < -0.3 is 5.32 Å². The molecule has 1 fully saturated rings. The summed E-state index contributed by atoms with van der Waals surface area (Å²) < 4.78 is 35.2. The molecule has 0 aliphatic carbocycles. The van der Waals surface area contributed by atoms with Crippen molar-refractivity contribution in [1.29, 1.82) is 0 Å². The maximum Gasteiger partial charge on any atom is 0.397 e. The summed E-state index contributed by atoms with van der Waals surface area (Å²) >= 11 is 0. The fourth-order valence-corrected chi connectivity index (χ4v) is 1.05. The standard InChI is InChI=1S/C5H8F3N/c6-5(7,8)4-1-2-9-3-4/h4,9H,1-3H2/p+1. The minimum absolute atomic E-state index is 0.226. The van der Waals surface area contributed by atoms with E-state index >= 15 is 0 Å². The molecule has 1 aliphatic rings. The van der Waals surface area contributed by atoms with Gasteiger partial charge in [-0.3, -0.25) is 0 Å². The Balaban J connectivity index is 2.42. The molecule has 0 radical (unpaired) electrons. The number of nitrogens with two attached hydrogens (primary N) is 1. The van der Waals surface area contributed by atoms with Crippen molar-refractivity contribution in [2.75, 3.05) is 13.1 Å². The number of halogens is 3. The van der Waals surface area contributed by atoms with Crippen LogP contribution in [0.3, 0.4) is 0 Å². The summed E-state index contributed by atoms with van der Waals surface area (Å²) in [5.41, 5.74) is 0. The molecule has 2 N–H and O–H groups in total. The monoisotopic (exact) mass is 140 g/mol. The van der Waals surface area contributed by atoms with Crippen LogP contribution >= 0.6 is 0 Å². The first kappa shape index (κ1) is 6.86. The van der Waals surface area contributed by atoms with Crippen LogP contribution in [0.15, 0.2) is 0 Å². The molecular weight excluding hydrogens is 131 g/mol. The van der Waals surface area contributed by atoms with E-state index in [1.165, 1.54) is 0 Å². The summed E-state index contributed by atoms with van der Waals surface area (Å²) in [5.74, 6) is -1.04. The molecule has 4 heteroatoms. The van der Waals surface area contributed by atoms with E-state index in [0.29, 0.717) is 13.0 Å². The van der Waals surface area contributed by atoms with Gasteiger partial charge in [0, 0.05) is 6.42 Å². The lowest BCUT2D eigenvalue weighted by Gasteiger charge is -2.09. The van der Waals surface area contributed by atoms with E-state index in [2.05, 4.69) is 0 Å². The van der Waals surface area contributed by atoms with Crippen LogP contribution in [0.2, 0.25) is 0 Å². The topological polar surface area (TPSA) is 16.6 Å². The fourth-order valence-electron chi connectivity index (χ4n) is 1.05. The van der Waals surface area contributed by atoms with Gasteiger partial charge in [-0.05, 0) is 0 Å². The van der Waals surface area contributed by atoms with E-state index in [1.807, 2.05) is 0 Å². The molecule has 9 heavy (non-hydrogen) atoms. The summed E-state index contributed by atoms with van der Waals surface area (Å²) in [6.45, 7) is 0.855. The van der Waals surface area contributed by atoms with Crippen molar-refractivity contribution in [2.24, 2.45) is 5.92 Å². The molecule has 0 aromatic heterocycles. The maximum atomic E-state index is 11.7. The summed E-state index contributed by atoms with van der Waals surface area (Å²) in [5, 5.41) is 1.71. The highest BCUT2D eigenvalue weighted by atomic mass is 19.4. The Morgan fingerprint density at radius 2 is 2.00 bits per heavy atom. The van der Waals surface area contributed by atoms with Crippen LogP contribution in [0.25, 0.3) is 0 Å². The van der Waals surface area contributed by atoms with Gasteiger partial charge in [0.1, 0.15) is 5.92 Å². The van der Waals surface area contributed by atoms with Gasteiger partial charge in [0.05, 0.1) is 13.1 Å². The van der Waals surface area contributed by atoms with Crippen LogP contribution in [0.5, 0.6) is 0 Å². The Bertz CT molecular complexity index is 92.9. The van der Waals surface area contributed by atoms with Gasteiger partial charge in [-0.15, -0.1) is 0 Å². The second-order valence-corrected chi connectivity index (χ2v) is 2.34. The van der Waals surface area contributed by atoms with Crippen molar-refractivity contribution in [3.8, 4) is 0 Å². The van der Waals surface area contributed by atoms with Crippen LogP contribution in [0, 0.1) is 5.92 Å². The molecule has 1 nitrogen and oxygen atoms in total. The highest BCUT2D eigenvalue weighted by molar-refractivity contribution is 4.68. The Hall–Kier alpha value is -0.250. The summed E-state index contributed by atoms with van der Waals surface area (Å²) in [6, 6.07) is 0. The molecule has 1 saturated heterocycles. The number of alkyl halides is 3. The number of rotatable bonds is 0.